The molecular weight excluding hydrogens is 112 g/mol. The zero-order valence-corrected chi connectivity index (χ0v) is 5.29. The van der Waals surface area contributed by atoms with E-state index in [2.05, 4.69) is 0 Å². The molecule has 1 aromatic rings. The second-order valence-electron chi connectivity index (χ2n) is 1.74. The molecule has 1 rings (SSSR count). The van der Waals surface area contributed by atoms with E-state index in [4.69, 9.17) is 11.7 Å². The summed E-state index contributed by atoms with van der Waals surface area (Å²) in [4.78, 5) is 0. The molecule has 0 aliphatic rings. The first-order chi connectivity index (χ1) is 4.34. The Morgan fingerprint density at radius 1 is 1.33 bits per heavy atom. The summed E-state index contributed by atoms with van der Waals surface area (Å²) in [5.41, 5.74) is 0.681. The number of hydrogen-bond donors (Lipinski definition) is 0. The summed E-state index contributed by atoms with van der Waals surface area (Å²) < 4.78 is 4.92. The summed E-state index contributed by atoms with van der Waals surface area (Å²) in [5.74, 6) is 0.734. The summed E-state index contributed by atoms with van der Waals surface area (Å²) in [7, 11) is 1.60. The van der Waals surface area contributed by atoms with Gasteiger partial charge in [0.15, 0.2) is 0 Å². The van der Waals surface area contributed by atoms with E-state index in [-0.39, 0.29) is 0 Å². The molecule has 0 fully saturated rings. The van der Waals surface area contributed by atoms with Crippen molar-refractivity contribution < 1.29 is 4.74 Å². The van der Waals surface area contributed by atoms with Crippen LogP contribution in [0.25, 0.3) is 0 Å². The Balaban J connectivity index is 3.01. The molecule has 2 radical (unpaired) electrons. The molecule has 1 nitrogen and oxygen atoms in total. The van der Waals surface area contributed by atoms with Gasteiger partial charge in [-0.1, -0.05) is 18.2 Å². The Hall–Kier alpha value is -0.980. The molecule has 46 valence electrons. The van der Waals surface area contributed by atoms with Crippen LogP contribution in [-0.4, -0.2) is 7.11 Å². The Bertz CT molecular complexity index is 194. The molecule has 0 unspecified atom stereocenters. The molecule has 1 heteroatoms. The van der Waals surface area contributed by atoms with E-state index in [1.165, 1.54) is 0 Å². The summed E-state index contributed by atoms with van der Waals surface area (Å²) in [6.45, 7) is 5.51. The Kier molecular flexibility index (Phi) is 1.73. The molecule has 0 aliphatic carbocycles. The molecule has 0 spiro atoms. The van der Waals surface area contributed by atoms with Gasteiger partial charge in [0.25, 0.3) is 0 Å². The van der Waals surface area contributed by atoms with E-state index in [1.54, 1.807) is 13.2 Å². The lowest BCUT2D eigenvalue weighted by molar-refractivity contribution is 0.413. The standard InChI is InChI=1S/C8H8O/c1-7-5-3-4-6-8(7)9-2/h1,3-6H,2H3. The fourth-order valence-electron chi connectivity index (χ4n) is 0.666. The van der Waals surface area contributed by atoms with E-state index in [0.29, 0.717) is 5.56 Å². The van der Waals surface area contributed by atoms with Gasteiger partial charge in [0.2, 0.25) is 0 Å². The normalized spacial score (nSPS) is 9.11. The van der Waals surface area contributed by atoms with Gasteiger partial charge in [-0.3, -0.25) is 0 Å². The highest BCUT2D eigenvalue weighted by Gasteiger charge is 1.91. The SMILES string of the molecule is [CH]c1ccccc1OC. The monoisotopic (exact) mass is 120 g/mol. The second-order valence-corrected chi connectivity index (χ2v) is 1.74. The van der Waals surface area contributed by atoms with Crippen LogP contribution < -0.4 is 4.74 Å². The smallest absolute Gasteiger partial charge is 0.122 e. The van der Waals surface area contributed by atoms with Gasteiger partial charge in [-0.25, -0.2) is 0 Å². The van der Waals surface area contributed by atoms with Crippen molar-refractivity contribution in [1.82, 2.24) is 0 Å². The fourth-order valence-corrected chi connectivity index (χ4v) is 0.666. The van der Waals surface area contributed by atoms with Gasteiger partial charge in [0.05, 0.1) is 7.11 Å². The maximum absolute atomic E-state index is 5.51. The van der Waals surface area contributed by atoms with Gasteiger partial charge in [0.1, 0.15) is 5.75 Å². The first kappa shape index (κ1) is 6.14. The minimum Gasteiger partial charge on any atom is -0.496 e. The van der Waals surface area contributed by atoms with Crippen molar-refractivity contribution in [2.75, 3.05) is 7.11 Å². The molecule has 0 saturated carbocycles. The number of rotatable bonds is 1. The molecule has 9 heavy (non-hydrogen) atoms. The first-order valence-corrected chi connectivity index (χ1v) is 2.73. The molecule has 1 aromatic carbocycles. The van der Waals surface area contributed by atoms with Crippen LogP contribution in [-0.2, 0) is 0 Å². The lowest BCUT2D eigenvalue weighted by Crippen LogP contribution is -1.84. The highest BCUT2D eigenvalue weighted by molar-refractivity contribution is 5.34. The predicted octanol–water partition coefficient (Wildman–Crippen LogP) is 1.75. The van der Waals surface area contributed by atoms with Gasteiger partial charge in [0, 0.05) is 6.92 Å². The zero-order valence-electron chi connectivity index (χ0n) is 5.29. The third-order valence-corrected chi connectivity index (χ3v) is 1.14. The van der Waals surface area contributed by atoms with Crippen LogP contribution >= 0.6 is 0 Å². The number of methoxy groups -OCH3 is 1. The van der Waals surface area contributed by atoms with Crippen molar-refractivity contribution >= 4 is 0 Å². The van der Waals surface area contributed by atoms with Crippen LogP contribution in [0.2, 0.25) is 0 Å². The summed E-state index contributed by atoms with van der Waals surface area (Å²) in [6, 6.07) is 7.39. The average molecular weight is 120 g/mol. The minimum absolute atomic E-state index is 0.681. The van der Waals surface area contributed by atoms with E-state index in [0.717, 1.165) is 5.75 Å². The highest BCUT2D eigenvalue weighted by Crippen LogP contribution is 2.14. The molecule has 0 heterocycles. The maximum atomic E-state index is 5.51. The van der Waals surface area contributed by atoms with Gasteiger partial charge < -0.3 is 4.74 Å². The molecule has 0 bridgehead atoms. The van der Waals surface area contributed by atoms with Gasteiger partial charge >= 0.3 is 0 Å². The fraction of sp³-hybridized carbons (Fsp3) is 0.125. The first-order valence-electron chi connectivity index (χ1n) is 2.73. The number of benzene rings is 1. The van der Waals surface area contributed by atoms with Crippen LogP contribution in [0.5, 0.6) is 5.75 Å². The van der Waals surface area contributed by atoms with Crippen molar-refractivity contribution in [2.24, 2.45) is 0 Å². The summed E-state index contributed by atoms with van der Waals surface area (Å²) in [6.07, 6.45) is 0. The molecule has 0 aliphatic heterocycles. The quantitative estimate of drug-likeness (QED) is 0.548. The van der Waals surface area contributed by atoms with Crippen molar-refractivity contribution in [3.63, 3.8) is 0 Å². The Morgan fingerprint density at radius 2 is 2.00 bits per heavy atom. The van der Waals surface area contributed by atoms with Crippen LogP contribution in [0.4, 0.5) is 0 Å². The van der Waals surface area contributed by atoms with Crippen LogP contribution in [0.1, 0.15) is 5.56 Å². The van der Waals surface area contributed by atoms with Crippen LogP contribution in [0, 0.1) is 6.92 Å². The third-order valence-electron chi connectivity index (χ3n) is 1.14. The molecule has 0 amide bonds. The molecule has 0 aromatic heterocycles. The average Bonchev–Trinajstić information content (AvgIpc) is 1.89. The van der Waals surface area contributed by atoms with Crippen molar-refractivity contribution in [2.45, 2.75) is 0 Å². The second kappa shape index (κ2) is 2.53. The van der Waals surface area contributed by atoms with Gasteiger partial charge in [-0.05, 0) is 11.6 Å². The van der Waals surface area contributed by atoms with Crippen molar-refractivity contribution in [3.05, 3.63) is 36.8 Å². The predicted molar refractivity (Wildman–Crippen MR) is 36.4 cm³/mol. The van der Waals surface area contributed by atoms with Crippen molar-refractivity contribution in [3.8, 4) is 5.75 Å². The van der Waals surface area contributed by atoms with Crippen molar-refractivity contribution in [1.29, 1.82) is 0 Å². The lowest BCUT2D eigenvalue weighted by Gasteiger charge is -2.00. The third kappa shape index (κ3) is 1.22. The van der Waals surface area contributed by atoms with Crippen LogP contribution in [0.3, 0.4) is 0 Å². The zero-order chi connectivity index (χ0) is 6.69. The number of para-hydroxylation sites is 1. The highest BCUT2D eigenvalue weighted by atomic mass is 16.5. The van der Waals surface area contributed by atoms with E-state index in [9.17, 15) is 0 Å². The van der Waals surface area contributed by atoms with E-state index in [1.807, 2.05) is 18.2 Å². The molecule has 0 atom stereocenters. The molecular formula is C8H8O. The van der Waals surface area contributed by atoms with Gasteiger partial charge in [-0.2, -0.15) is 0 Å². The molecule has 0 saturated heterocycles. The van der Waals surface area contributed by atoms with E-state index < -0.39 is 0 Å². The minimum atomic E-state index is 0.681. The lowest BCUT2D eigenvalue weighted by atomic mass is 10.2. The van der Waals surface area contributed by atoms with Crippen LogP contribution in [0.15, 0.2) is 24.3 Å². The Morgan fingerprint density at radius 3 is 2.44 bits per heavy atom. The topological polar surface area (TPSA) is 9.23 Å². The molecule has 0 N–H and O–H groups in total. The number of hydrogen-bond acceptors (Lipinski definition) is 1. The summed E-state index contributed by atoms with van der Waals surface area (Å²) in [5, 5.41) is 0. The largest absolute Gasteiger partial charge is 0.496 e. The summed E-state index contributed by atoms with van der Waals surface area (Å²) >= 11 is 0. The number of ether oxygens (including phenoxy) is 1. The van der Waals surface area contributed by atoms with E-state index >= 15 is 0 Å². The van der Waals surface area contributed by atoms with Gasteiger partial charge in [-0.15, -0.1) is 0 Å². The Labute approximate surface area is 55.3 Å². The maximum Gasteiger partial charge on any atom is 0.122 e.